The minimum Gasteiger partial charge on any atom is -0.480 e. The van der Waals surface area contributed by atoms with E-state index in [0.717, 1.165) is 11.1 Å². The van der Waals surface area contributed by atoms with Crippen molar-refractivity contribution in [3.05, 3.63) is 35.7 Å². The average molecular weight is 349 g/mol. The molecule has 1 amide bonds. The Bertz CT molecular complexity index is 878. The van der Waals surface area contributed by atoms with Crippen LogP contribution in [0, 0.1) is 0 Å². The maximum Gasteiger partial charge on any atom is 0.328 e. The SMILES string of the molecule is CN=C[C@@]1(C)[C@H](C(=O)O)N2C(=O)C(=Cc3ccccn3)[C@H]2S1(=O)=O. The summed E-state index contributed by atoms with van der Waals surface area (Å²) in [6, 6.07) is 3.52. The first kappa shape index (κ1) is 16.3. The second-order valence-electron chi connectivity index (χ2n) is 5.78. The lowest BCUT2D eigenvalue weighted by Crippen LogP contribution is -2.59. The van der Waals surface area contributed by atoms with Crippen molar-refractivity contribution in [3.8, 4) is 0 Å². The zero-order valence-electron chi connectivity index (χ0n) is 12.9. The van der Waals surface area contributed by atoms with E-state index in [2.05, 4.69) is 9.98 Å². The molecule has 126 valence electrons. The smallest absolute Gasteiger partial charge is 0.328 e. The Morgan fingerprint density at radius 3 is 2.71 bits per heavy atom. The number of nitrogens with zero attached hydrogens (tertiary/aromatic N) is 3. The highest BCUT2D eigenvalue weighted by atomic mass is 32.2. The third kappa shape index (κ3) is 1.94. The van der Waals surface area contributed by atoms with Crippen LogP contribution in [0.3, 0.4) is 0 Å². The number of carboxylic acid groups (broad SMARTS) is 1. The summed E-state index contributed by atoms with van der Waals surface area (Å²) in [5, 5.41) is 8.18. The molecule has 3 rings (SSSR count). The van der Waals surface area contributed by atoms with Crippen molar-refractivity contribution in [3.63, 3.8) is 0 Å². The van der Waals surface area contributed by atoms with E-state index in [-0.39, 0.29) is 5.57 Å². The number of aliphatic carboxylic acids is 1. The molecule has 1 aromatic rings. The number of fused-ring (bicyclic) bond motifs is 1. The average Bonchev–Trinajstić information content (AvgIpc) is 2.69. The molecule has 9 heteroatoms. The topological polar surface area (TPSA) is 117 Å². The Labute approximate surface area is 138 Å². The highest BCUT2D eigenvalue weighted by Crippen LogP contribution is 2.48. The van der Waals surface area contributed by atoms with E-state index >= 15 is 0 Å². The first-order valence-electron chi connectivity index (χ1n) is 7.10. The Hall–Kier alpha value is -2.55. The lowest BCUT2D eigenvalue weighted by molar-refractivity contribution is -0.152. The molecule has 0 saturated carbocycles. The van der Waals surface area contributed by atoms with Gasteiger partial charge in [0.2, 0.25) is 0 Å². The zero-order chi connectivity index (χ0) is 17.7. The molecule has 2 saturated heterocycles. The summed E-state index contributed by atoms with van der Waals surface area (Å²) in [7, 11) is -2.64. The van der Waals surface area contributed by atoms with Gasteiger partial charge in [0.05, 0.1) is 11.3 Å². The van der Waals surface area contributed by atoms with E-state index < -0.39 is 37.9 Å². The van der Waals surface area contributed by atoms with Gasteiger partial charge in [0.1, 0.15) is 4.75 Å². The van der Waals surface area contributed by atoms with Crippen LogP contribution in [0.15, 0.2) is 35.0 Å². The number of amides is 1. The summed E-state index contributed by atoms with van der Waals surface area (Å²) < 4.78 is 24.1. The molecule has 1 aromatic heterocycles. The van der Waals surface area contributed by atoms with Crippen LogP contribution in [0.25, 0.3) is 6.08 Å². The van der Waals surface area contributed by atoms with Crippen LogP contribution in [-0.4, -0.2) is 64.7 Å². The van der Waals surface area contributed by atoms with Gasteiger partial charge in [0.15, 0.2) is 21.3 Å². The fourth-order valence-corrected chi connectivity index (χ4v) is 5.48. The first-order valence-corrected chi connectivity index (χ1v) is 8.65. The number of aromatic nitrogens is 1. The predicted molar refractivity (Wildman–Crippen MR) is 86.0 cm³/mol. The number of carbonyl (C=O) groups excluding carboxylic acids is 1. The third-order valence-electron chi connectivity index (χ3n) is 4.34. The number of carboxylic acids is 1. The van der Waals surface area contributed by atoms with Gasteiger partial charge < -0.3 is 10.0 Å². The Balaban J connectivity index is 2.15. The zero-order valence-corrected chi connectivity index (χ0v) is 13.8. The Kier molecular flexibility index (Phi) is 3.56. The predicted octanol–water partition coefficient (Wildman–Crippen LogP) is -0.0258. The van der Waals surface area contributed by atoms with Gasteiger partial charge in [-0.2, -0.15) is 0 Å². The minimum absolute atomic E-state index is 0.0215. The van der Waals surface area contributed by atoms with Crippen molar-refractivity contribution in [1.29, 1.82) is 0 Å². The van der Waals surface area contributed by atoms with Gasteiger partial charge in [-0.05, 0) is 25.1 Å². The van der Waals surface area contributed by atoms with Crippen molar-refractivity contribution in [2.24, 2.45) is 4.99 Å². The summed E-state index contributed by atoms with van der Waals surface area (Å²) in [4.78, 5) is 32.7. The van der Waals surface area contributed by atoms with Crippen molar-refractivity contribution in [2.45, 2.75) is 23.1 Å². The van der Waals surface area contributed by atoms with Crippen LogP contribution in [0.4, 0.5) is 0 Å². The molecule has 0 radical (unpaired) electrons. The number of pyridine rings is 1. The summed E-state index contributed by atoms with van der Waals surface area (Å²) in [5.41, 5.74) is 0.452. The van der Waals surface area contributed by atoms with Gasteiger partial charge in [0, 0.05) is 19.5 Å². The number of sulfone groups is 1. The third-order valence-corrected chi connectivity index (χ3v) is 6.96. The van der Waals surface area contributed by atoms with Crippen LogP contribution < -0.4 is 0 Å². The van der Waals surface area contributed by atoms with Crippen molar-refractivity contribution in [1.82, 2.24) is 9.88 Å². The monoisotopic (exact) mass is 349 g/mol. The summed E-state index contributed by atoms with van der Waals surface area (Å²) in [6.45, 7) is 1.28. The maximum atomic E-state index is 12.9. The minimum atomic E-state index is -4.01. The maximum absolute atomic E-state index is 12.9. The molecule has 0 unspecified atom stereocenters. The highest BCUT2D eigenvalue weighted by Gasteiger charge is 2.71. The van der Waals surface area contributed by atoms with Gasteiger partial charge in [0.25, 0.3) is 5.91 Å². The molecule has 0 bridgehead atoms. The first-order chi connectivity index (χ1) is 11.3. The standard InChI is InChI=1S/C15H15N3O5S/c1-15(8-16-2)11(14(20)21)18-12(19)10(13(18)24(15,22)23)7-9-5-3-4-6-17-9/h3-8,11,13H,1-2H3,(H,20,21)/t11-,13+,15-/m0/s1. The lowest BCUT2D eigenvalue weighted by atomic mass is 9.94. The van der Waals surface area contributed by atoms with Crippen LogP contribution in [-0.2, 0) is 19.4 Å². The van der Waals surface area contributed by atoms with E-state index in [1.807, 2.05) is 0 Å². The molecule has 2 aliphatic heterocycles. The van der Waals surface area contributed by atoms with Crippen LogP contribution in [0.1, 0.15) is 12.6 Å². The summed E-state index contributed by atoms with van der Waals surface area (Å²) in [6.07, 6.45) is 3.99. The molecule has 24 heavy (non-hydrogen) atoms. The quantitative estimate of drug-likeness (QED) is 0.465. The van der Waals surface area contributed by atoms with E-state index in [1.165, 1.54) is 26.2 Å². The molecule has 0 aliphatic carbocycles. The highest BCUT2D eigenvalue weighted by molar-refractivity contribution is 7.94. The fourth-order valence-electron chi connectivity index (χ4n) is 3.20. The second kappa shape index (κ2) is 5.23. The number of hydrogen-bond donors (Lipinski definition) is 1. The molecular weight excluding hydrogens is 334 g/mol. The van der Waals surface area contributed by atoms with E-state index in [9.17, 15) is 23.1 Å². The number of β-lactam (4-membered cyclic amide) rings is 1. The molecule has 3 atom stereocenters. The van der Waals surface area contributed by atoms with E-state index in [1.54, 1.807) is 18.2 Å². The molecule has 0 spiro atoms. The van der Waals surface area contributed by atoms with Crippen LogP contribution >= 0.6 is 0 Å². The number of hydrogen-bond acceptors (Lipinski definition) is 6. The van der Waals surface area contributed by atoms with Crippen molar-refractivity contribution >= 4 is 34.0 Å². The van der Waals surface area contributed by atoms with Gasteiger partial charge in [-0.1, -0.05) is 6.07 Å². The molecule has 2 aliphatic rings. The van der Waals surface area contributed by atoms with Crippen LogP contribution in [0.2, 0.25) is 0 Å². The molecule has 2 fully saturated rings. The molecule has 3 heterocycles. The van der Waals surface area contributed by atoms with Crippen molar-refractivity contribution in [2.75, 3.05) is 7.05 Å². The molecule has 0 aromatic carbocycles. The van der Waals surface area contributed by atoms with E-state index in [4.69, 9.17) is 0 Å². The number of rotatable bonds is 3. The largest absolute Gasteiger partial charge is 0.480 e. The molecular formula is C15H15N3O5S. The number of carbonyl (C=O) groups is 2. The fraction of sp³-hybridized carbons (Fsp3) is 0.333. The van der Waals surface area contributed by atoms with Crippen LogP contribution in [0.5, 0.6) is 0 Å². The van der Waals surface area contributed by atoms with Crippen molar-refractivity contribution < 1.29 is 23.1 Å². The number of aliphatic imine (C=N–C) groups is 1. The Morgan fingerprint density at radius 1 is 1.46 bits per heavy atom. The summed E-state index contributed by atoms with van der Waals surface area (Å²) in [5.74, 6) is -2.00. The molecule has 8 nitrogen and oxygen atoms in total. The van der Waals surface area contributed by atoms with Gasteiger partial charge >= 0.3 is 5.97 Å². The summed E-state index contributed by atoms with van der Waals surface area (Å²) >= 11 is 0. The Morgan fingerprint density at radius 2 is 2.17 bits per heavy atom. The lowest BCUT2D eigenvalue weighted by Gasteiger charge is -2.37. The normalized spacial score (nSPS) is 32.8. The molecule has 1 N–H and O–H groups in total. The van der Waals surface area contributed by atoms with Gasteiger partial charge in [-0.15, -0.1) is 0 Å². The van der Waals surface area contributed by atoms with E-state index in [0.29, 0.717) is 5.69 Å². The van der Waals surface area contributed by atoms with Gasteiger partial charge in [-0.3, -0.25) is 14.8 Å². The second-order valence-corrected chi connectivity index (χ2v) is 8.19. The van der Waals surface area contributed by atoms with Gasteiger partial charge in [-0.25, -0.2) is 13.2 Å².